The molecule has 1 aliphatic heterocycles. The molecule has 7 nitrogen and oxygen atoms in total. The zero-order valence-electron chi connectivity index (χ0n) is 15.2. The van der Waals surface area contributed by atoms with E-state index in [1.54, 1.807) is 12.4 Å². The Bertz CT molecular complexity index is 739. The molecule has 26 heavy (non-hydrogen) atoms. The Labute approximate surface area is 157 Å². The largest absolute Gasteiger partial charge is 0.468 e. The maximum Gasteiger partial charge on any atom is 0.316 e. The molecule has 0 spiro atoms. The standard InChI is InChI=1S/C18H23ClN4O3/c1-11(2)16(17(24)25-3)14-8-15(22-26-14)23-6-4-12(5-7-23)13-9-20-18(19)21-10-13/h8-12,16H,4-7H2,1-3H3. The Morgan fingerprint density at radius 2 is 1.96 bits per heavy atom. The number of halogens is 1. The number of rotatable bonds is 5. The molecule has 0 aliphatic carbocycles. The van der Waals surface area contributed by atoms with Gasteiger partial charge in [0.05, 0.1) is 7.11 Å². The molecule has 3 heterocycles. The Kier molecular flexibility index (Phi) is 5.76. The summed E-state index contributed by atoms with van der Waals surface area (Å²) in [4.78, 5) is 22.3. The number of aromatic nitrogens is 3. The van der Waals surface area contributed by atoms with E-state index in [1.165, 1.54) is 7.11 Å². The van der Waals surface area contributed by atoms with Crippen molar-refractivity contribution in [2.75, 3.05) is 25.1 Å². The van der Waals surface area contributed by atoms with Crippen LogP contribution in [0.25, 0.3) is 0 Å². The molecule has 0 amide bonds. The van der Waals surface area contributed by atoms with Gasteiger partial charge in [-0.3, -0.25) is 4.79 Å². The molecular weight excluding hydrogens is 356 g/mol. The minimum atomic E-state index is -0.440. The molecule has 2 aromatic heterocycles. The smallest absolute Gasteiger partial charge is 0.316 e. The second-order valence-corrected chi connectivity index (χ2v) is 7.22. The van der Waals surface area contributed by atoms with E-state index >= 15 is 0 Å². The predicted octanol–water partition coefficient (Wildman–Crippen LogP) is 3.41. The highest BCUT2D eigenvalue weighted by molar-refractivity contribution is 6.28. The Morgan fingerprint density at radius 3 is 2.54 bits per heavy atom. The average molecular weight is 379 g/mol. The number of nitrogens with zero attached hydrogens (tertiary/aromatic N) is 4. The minimum absolute atomic E-state index is 0.0684. The number of piperidine rings is 1. The number of carbonyl (C=O) groups is 1. The molecule has 3 rings (SSSR count). The molecule has 1 unspecified atom stereocenters. The summed E-state index contributed by atoms with van der Waals surface area (Å²) in [5, 5.41) is 4.44. The van der Waals surface area contributed by atoms with Gasteiger partial charge < -0.3 is 14.2 Å². The lowest BCUT2D eigenvalue weighted by Crippen LogP contribution is -2.33. The van der Waals surface area contributed by atoms with Crippen LogP contribution in [-0.2, 0) is 9.53 Å². The van der Waals surface area contributed by atoms with E-state index in [2.05, 4.69) is 20.0 Å². The predicted molar refractivity (Wildman–Crippen MR) is 97.3 cm³/mol. The molecule has 1 aliphatic rings. The number of ether oxygens (including phenoxy) is 1. The highest BCUT2D eigenvalue weighted by Crippen LogP contribution is 2.32. The van der Waals surface area contributed by atoms with Crippen molar-refractivity contribution in [1.29, 1.82) is 0 Å². The first-order valence-electron chi connectivity index (χ1n) is 8.76. The number of hydrogen-bond donors (Lipinski definition) is 0. The van der Waals surface area contributed by atoms with Gasteiger partial charge in [0.15, 0.2) is 11.6 Å². The van der Waals surface area contributed by atoms with Gasteiger partial charge in [0, 0.05) is 31.5 Å². The third kappa shape index (κ3) is 3.98. The first kappa shape index (κ1) is 18.6. The van der Waals surface area contributed by atoms with Crippen LogP contribution in [-0.4, -0.2) is 41.3 Å². The number of methoxy groups -OCH3 is 1. The lowest BCUT2D eigenvalue weighted by molar-refractivity contribution is -0.144. The Hall–Kier alpha value is -2.15. The zero-order chi connectivity index (χ0) is 18.7. The minimum Gasteiger partial charge on any atom is -0.468 e. The molecule has 0 aromatic carbocycles. The molecule has 0 saturated carbocycles. The van der Waals surface area contributed by atoms with Crippen molar-refractivity contribution in [2.24, 2.45) is 5.92 Å². The van der Waals surface area contributed by atoms with Crippen molar-refractivity contribution < 1.29 is 14.1 Å². The van der Waals surface area contributed by atoms with Crippen molar-refractivity contribution in [3.63, 3.8) is 0 Å². The van der Waals surface area contributed by atoms with E-state index in [9.17, 15) is 4.79 Å². The van der Waals surface area contributed by atoms with Crippen LogP contribution in [0.15, 0.2) is 23.0 Å². The molecule has 140 valence electrons. The summed E-state index contributed by atoms with van der Waals surface area (Å²) in [6.07, 6.45) is 5.54. The first-order valence-corrected chi connectivity index (χ1v) is 9.14. The van der Waals surface area contributed by atoms with E-state index < -0.39 is 5.92 Å². The second kappa shape index (κ2) is 8.03. The normalized spacial score (nSPS) is 16.7. The fraction of sp³-hybridized carbons (Fsp3) is 0.556. The van der Waals surface area contributed by atoms with Crippen molar-refractivity contribution >= 4 is 23.4 Å². The molecule has 1 fully saturated rings. The summed E-state index contributed by atoms with van der Waals surface area (Å²) in [6.45, 7) is 5.63. The topological polar surface area (TPSA) is 81.4 Å². The summed E-state index contributed by atoms with van der Waals surface area (Å²) >= 11 is 5.75. The molecular formula is C18H23ClN4O3. The van der Waals surface area contributed by atoms with Gasteiger partial charge in [-0.05, 0) is 41.8 Å². The SMILES string of the molecule is COC(=O)C(c1cc(N2CCC(c3cnc(Cl)nc3)CC2)no1)C(C)C. The molecule has 1 atom stereocenters. The van der Waals surface area contributed by atoms with Crippen molar-refractivity contribution in [2.45, 2.75) is 38.5 Å². The Balaban J connectivity index is 1.66. The van der Waals surface area contributed by atoms with Gasteiger partial charge in [-0.25, -0.2) is 9.97 Å². The van der Waals surface area contributed by atoms with Gasteiger partial charge in [-0.2, -0.15) is 0 Å². The second-order valence-electron chi connectivity index (χ2n) is 6.88. The molecule has 0 bridgehead atoms. The number of carbonyl (C=O) groups excluding carboxylic acids is 1. The summed E-state index contributed by atoms with van der Waals surface area (Å²) < 4.78 is 10.4. The monoisotopic (exact) mass is 378 g/mol. The van der Waals surface area contributed by atoms with Gasteiger partial charge >= 0.3 is 5.97 Å². The van der Waals surface area contributed by atoms with Crippen LogP contribution in [0.3, 0.4) is 0 Å². The molecule has 0 radical (unpaired) electrons. The molecule has 8 heteroatoms. The van der Waals surface area contributed by atoms with Crippen LogP contribution in [0.5, 0.6) is 0 Å². The number of hydrogen-bond acceptors (Lipinski definition) is 7. The highest BCUT2D eigenvalue weighted by atomic mass is 35.5. The van der Waals surface area contributed by atoms with Gasteiger partial charge in [0.1, 0.15) is 5.92 Å². The van der Waals surface area contributed by atoms with E-state index in [1.807, 2.05) is 19.9 Å². The lowest BCUT2D eigenvalue weighted by atomic mass is 9.91. The maximum absolute atomic E-state index is 12.0. The molecule has 1 saturated heterocycles. The van der Waals surface area contributed by atoms with Gasteiger partial charge in [0.2, 0.25) is 5.28 Å². The third-order valence-corrected chi connectivity index (χ3v) is 5.07. The van der Waals surface area contributed by atoms with E-state index in [4.69, 9.17) is 20.9 Å². The van der Waals surface area contributed by atoms with Crippen LogP contribution >= 0.6 is 11.6 Å². The van der Waals surface area contributed by atoms with Crippen LogP contribution < -0.4 is 4.90 Å². The lowest BCUT2D eigenvalue weighted by Gasteiger charge is -2.31. The number of anilines is 1. The fourth-order valence-corrected chi connectivity index (χ4v) is 3.49. The van der Waals surface area contributed by atoms with Crippen molar-refractivity contribution in [3.8, 4) is 0 Å². The van der Waals surface area contributed by atoms with Crippen molar-refractivity contribution in [1.82, 2.24) is 15.1 Å². The van der Waals surface area contributed by atoms with Gasteiger partial charge in [0.25, 0.3) is 0 Å². The molecule has 2 aromatic rings. The summed E-state index contributed by atoms with van der Waals surface area (Å²) in [5.41, 5.74) is 1.11. The summed E-state index contributed by atoms with van der Waals surface area (Å²) in [6, 6.07) is 1.85. The van der Waals surface area contributed by atoms with Crippen LogP contribution in [0.1, 0.15) is 49.8 Å². The van der Waals surface area contributed by atoms with Gasteiger partial charge in [-0.1, -0.05) is 19.0 Å². The first-order chi connectivity index (χ1) is 12.5. The van der Waals surface area contributed by atoms with Crippen LogP contribution in [0.2, 0.25) is 5.28 Å². The summed E-state index contributed by atoms with van der Waals surface area (Å²) in [5.74, 6) is 1.05. The van der Waals surface area contributed by atoms with Crippen LogP contribution in [0.4, 0.5) is 5.82 Å². The van der Waals surface area contributed by atoms with Crippen LogP contribution in [0, 0.1) is 5.92 Å². The van der Waals surface area contributed by atoms with E-state index in [0.29, 0.717) is 11.7 Å². The fourth-order valence-electron chi connectivity index (χ4n) is 3.39. The zero-order valence-corrected chi connectivity index (χ0v) is 15.9. The van der Waals surface area contributed by atoms with E-state index in [-0.39, 0.29) is 17.2 Å². The number of esters is 1. The van der Waals surface area contributed by atoms with Crippen molar-refractivity contribution in [3.05, 3.63) is 35.1 Å². The highest BCUT2D eigenvalue weighted by Gasteiger charge is 2.31. The molecule has 0 N–H and O–H groups in total. The quantitative estimate of drug-likeness (QED) is 0.582. The van der Waals surface area contributed by atoms with E-state index in [0.717, 1.165) is 37.3 Å². The summed E-state index contributed by atoms with van der Waals surface area (Å²) in [7, 11) is 1.39. The average Bonchev–Trinajstić information content (AvgIpc) is 3.11. The Morgan fingerprint density at radius 1 is 1.31 bits per heavy atom. The maximum atomic E-state index is 12.0. The van der Waals surface area contributed by atoms with Gasteiger partial charge in [-0.15, -0.1) is 0 Å². The third-order valence-electron chi connectivity index (χ3n) is 4.87.